The first-order valence-electron chi connectivity index (χ1n) is 4.12. The van der Waals surface area contributed by atoms with Crippen LogP contribution >= 0.6 is 15.9 Å². The standard InChI is InChI=1S/C10H6BrNO3/c11-7-3-1-6(2-4-7)9-12-5-8(15-9)10(13)14/h1-5H,(H,13,14). The lowest BCUT2D eigenvalue weighted by Crippen LogP contribution is -1.91. The quantitative estimate of drug-likeness (QED) is 0.909. The van der Waals surface area contributed by atoms with Crippen LogP contribution in [0, 0.1) is 0 Å². The van der Waals surface area contributed by atoms with Crippen molar-refractivity contribution >= 4 is 21.9 Å². The van der Waals surface area contributed by atoms with E-state index >= 15 is 0 Å². The van der Waals surface area contributed by atoms with Crippen molar-refractivity contribution in [2.24, 2.45) is 0 Å². The van der Waals surface area contributed by atoms with Gasteiger partial charge in [0.05, 0.1) is 6.20 Å². The first kappa shape index (κ1) is 9.92. The molecular formula is C10H6BrNO3. The Morgan fingerprint density at radius 2 is 2.00 bits per heavy atom. The van der Waals surface area contributed by atoms with Crippen molar-refractivity contribution in [3.05, 3.63) is 40.7 Å². The molecule has 1 aromatic carbocycles. The lowest BCUT2D eigenvalue weighted by Gasteiger charge is -1.94. The molecule has 2 rings (SSSR count). The number of hydrogen-bond acceptors (Lipinski definition) is 3. The van der Waals surface area contributed by atoms with Crippen molar-refractivity contribution in [3.63, 3.8) is 0 Å². The van der Waals surface area contributed by atoms with Crippen LogP contribution in [0.3, 0.4) is 0 Å². The molecule has 0 amide bonds. The van der Waals surface area contributed by atoms with Gasteiger partial charge in [0, 0.05) is 10.0 Å². The molecule has 0 fully saturated rings. The average molecular weight is 268 g/mol. The highest BCUT2D eigenvalue weighted by atomic mass is 79.9. The first-order chi connectivity index (χ1) is 7.16. The third-order valence-corrected chi connectivity index (χ3v) is 2.34. The minimum atomic E-state index is -1.12. The largest absolute Gasteiger partial charge is 0.475 e. The maximum Gasteiger partial charge on any atom is 0.373 e. The number of nitrogens with zero attached hydrogens (tertiary/aromatic N) is 1. The highest BCUT2D eigenvalue weighted by molar-refractivity contribution is 9.10. The predicted molar refractivity (Wildman–Crippen MR) is 56.6 cm³/mol. The van der Waals surface area contributed by atoms with Crippen LogP contribution in [-0.4, -0.2) is 16.1 Å². The summed E-state index contributed by atoms with van der Waals surface area (Å²) in [4.78, 5) is 14.4. The summed E-state index contributed by atoms with van der Waals surface area (Å²) >= 11 is 3.30. The smallest absolute Gasteiger partial charge is 0.373 e. The number of carboxylic acids is 1. The van der Waals surface area contributed by atoms with Gasteiger partial charge in [0.15, 0.2) is 0 Å². The number of halogens is 1. The van der Waals surface area contributed by atoms with Crippen LogP contribution < -0.4 is 0 Å². The highest BCUT2D eigenvalue weighted by Crippen LogP contribution is 2.21. The predicted octanol–water partition coefficient (Wildman–Crippen LogP) is 2.80. The molecule has 4 nitrogen and oxygen atoms in total. The maximum atomic E-state index is 10.6. The van der Waals surface area contributed by atoms with Crippen LogP contribution in [0.2, 0.25) is 0 Å². The van der Waals surface area contributed by atoms with Crippen molar-refractivity contribution in [1.29, 1.82) is 0 Å². The molecule has 2 aromatic rings. The summed E-state index contributed by atoms with van der Waals surface area (Å²) in [6.45, 7) is 0. The fourth-order valence-electron chi connectivity index (χ4n) is 1.10. The van der Waals surface area contributed by atoms with Crippen LogP contribution in [0.4, 0.5) is 0 Å². The van der Waals surface area contributed by atoms with Gasteiger partial charge < -0.3 is 9.52 Å². The third-order valence-electron chi connectivity index (χ3n) is 1.81. The summed E-state index contributed by atoms with van der Waals surface area (Å²) < 4.78 is 5.99. The van der Waals surface area contributed by atoms with Gasteiger partial charge >= 0.3 is 5.97 Å². The number of carbonyl (C=O) groups is 1. The summed E-state index contributed by atoms with van der Waals surface area (Å²) in [6, 6.07) is 7.25. The number of oxazole rings is 1. The van der Waals surface area contributed by atoms with Gasteiger partial charge in [-0.25, -0.2) is 9.78 Å². The second-order valence-corrected chi connectivity index (χ2v) is 3.76. The van der Waals surface area contributed by atoms with Crippen molar-refractivity contribution in [1.82, 2.24) is 4.98 Å². The molecule has 1 aromatic heterocycles. The van der Waals surface area contributed by atoms with E-state index < -0.39 is 5.97 Å². The number of rotatable bonds is 2. The molecule has 0 aliphatic carbocycles. The van der Waals surface area contributed by atoms with Crippen LogP contribution in [0.15, 0.2) is 39.4 Å². The van der Waals surface area contributed by atoms with E-state index in [9.17, 15) is 4.79 Å². The van der Waals surface area contributed by atoms with E-state index in [1.54, 1.807) is 12.1 Å². The summed E-state index contributed by atoms with van der Waals surface area (Å²) in [7, 11) is 0. The van der Waals surface area contributed by atoms with E-state index in [1.165, 1.54) is 6.20 Å². The highest BCUT2D eigenvalue weighted by Gasteiger charge is 2.11. The molecular weight excluding hydrogens is 262 g/mol. The van der Waals surface area contributed by atoms with E-state index in [0.717, 1.165) is 10.0 Å². The Labute approximate surface area is 93.7 Å². The minimum absolute atomic E-state index is 0.159. The Morgan fingerprint density at radius 3 is 2.53 bits per heavy atom. The normalized spacial score (nSPS) is 10.2. The second-order valence-electron chi connectivity index (χ2n) is 2.84. The maximum absolute atomic E-state index is 10.6. The van der Waals surface area contributed by atoms with Gasteiger partial charge in [0.1, 0.15) is 0 Å². The Hall–Kier alpha value is -1.62. The van der Waals surface area contributed by atoms with Crippen LogP contribution in [-0.2, 0) is 0 Å². The van der Waals surface area contributed by atoms with Crippen molar-refractivity contribution < 1.29 is 14.3 Å². The van der Waals surface area contributed by atoms with Gasteiger partial charge in [0.25, 0.3) is 0 Å². The zero-order valence-electron chi connectivity index (χ0n) is 7.48. The molecule has 15 heavy (non-hydrogen) atoms. The van der Waals surface area contributed by atoms with E-state index in [0.29, 0.717) is 5.89 Å². The molecule has 1 heterocycles. The van der Waals surface area contributed by atoms with Gasteiger partial charge in [-0.15, -0.1) is 0 Å². The van der Waals surface area contributed by atoms with Crippen molar-refractivity contribution in [3.8, 4) is 11.5 Å². The molecule has 76 valence electrons. The zero-order chi connectivity index (χ0) is 10.8. The van der Waals surface area contributed by atoms with Gasteiger partial charge in [0.2, 0.25) is 11.7 Å². The van der Waals surface area contributed by atoms with Crippen molar-refractivity contribution in [2.45, 2.75) is 0 Å². The van der Waals surface area contributed by atoms with E-state index in [2.05, 4.69) is 20.9 Å². The van der Waals surface area contributed by atoms with Gasteiger partial charge in [-0.3, -0.25) is 0 Å². The molecule has 0 spiro atoms. The lowest BCUT2D eigenvalue weighted by atomic mass is 10.2. The third kappa shape index (κ3) is 2.07. The molecule has 0 saturated carbocycles. The lowest BCUT2D eigenvalue weighted by molar-refractivity contribution is 0.0663. The molecule has 0 radical (unpaired) electrons. The molecule has 0 saturated heterocycles. The van der Waals surface area contributed by atoms with Crippen molar-refractivity contribution in [2.75, 3.05) is 0 Å². The Morgan fingerprint density at radius 1 is 1.33 bits per heavy atom. The Bertz CT molecular complexity index is 490. The molecule has 1 N–H and O–H groups in total. The first-order valence-corrected chi connectivity index (χ1v) is 4.91. The number of carboxylic acid groups (broad SMARTS) is 1. The molecule has 5 heteroatoms. The van der Waals surface area contributed by atoms with Crippen LogP contribution in [0.1, 0.15) is 10.6 Å². The monoisotopic (exact) mass is 267 g/mol. The van der Waals surface area contributed by atoms with Gasteiger partial charge in [-0.1, -0.05) is 15.9 Å². The van der Waals surface area contributed by atoms with Gasteiger partial charge in [-0.05, 0) is 24.3 Å². The second kappa shape index (κ2) is 3.86. The van der Waals surface area contributed by atoms with Crippen LogP contribution in [0.25, 0.3) is 11.5 Å². The number of hydrogen-bond donors (Lipinski definition) is 1. The van der Waals surface area contributed by atoms with E-state index in [4.69, 9.17) is 9.52 Å². The summed E-state index contributed by atoms with van der Waals surface area (Å²) in [5.74, 6) is -0.973. The van der Waals surface area contributed by atoms with Crippen LogP contribution in [0.5, 0.6) is 0 Å². The minimum Gasteiger partial charge on any atom is -0.475 e. The molecule has 0 bridgehead atoms. The Kier molecular flexibility index (Phi) is 2.55. The number of aromatic nitrogens is 1. The fourth-order valence-corrected chi connectivity index (χ4v) is 1.36. The fraction of sp³-hybridized carbons (Fsp3) is 0. The number of aromatic carboxylic acids is 1. The van der Waals surface area contributed by atoms with E-state index in [1.807, 2.05) is 12.1 Å². The zero-order valence-corrected chi connectivity index (χ0v) is 9.06. The van der Waals surface area contributed by atoms with E-state index in [-0.39, 0.29) is 5.76 Å². The summed E-state index contributed by atoms with van der Waals surface area (Å²) in [5.41, 5.74) is 0.741. The average Bonchev–Trinajstić information content (AvgIpc) is 2.68. The summed E-state index contributed by atoms with van der Waals surface area (Å²) in [6.07, 6.45) is 1.19. The molecule has 0 unspecified atom stereocenters. The molecule has 0 aliphatic rings. The molecule has 0 aliphatic heterocycles. The molecule has 0 atom stereocenters. The topological polar surface area (TPSA) is 63.3 Å². The number of benzene rings is 1. The summed E-state index contributed by atoms with van der Waals surface area (Å²) in [5, 5.41) is 8.65. The van der Waals surface area contributed by atoms with Gasteiger partial charge in [-0.2, -0.15) is 0 Å². The SMILES string of the molecule is O=C(O)c1cnc(-c2ccc(Br)cc2)o1. The Balaban J connectivity index is 2.37.